The number of nitrogens with zero attached hydrogens (tertiary/aromatic N) is 1. The quantitative estimate of drug-likeness (QED) is 0.779. The Labute approximate surface area is 132 Å². The smallest absolute Gasteiger partial charge is 0.267 e. The molecule has 3 aromatic rings. The van der Waals surface area contributed by atoms with Gasteiger partial charge in [-0.2, -0.15) is 5.10 Å². The second-order valence-electron chi connectivity index (χ2n) is 5.39. The van der Waals surface area contributed by atoms with Crippen molar-refractivity contribution in [2.45, 2.75) is 12.5 Å². The van der Waals surface area contributed by atoms with Gasteiger partial charge in [0.15, 0.2) is 11.9 Å². The number of nitrogens with one attached hydrogen (secondary N) is 2. The number of methoxy groups -OCH3 is 1. The third-order valence-electron chi connectivity index (χ3n) is 3.95. The zero-order chi connectivity index (χ0) is 15.8. The standard InChI is InChI=1S/C17H15N3O3/c1-22-11-6-7-13-12(9-11)16(20-19-13)18-17(21)15-8-10-4-2-3-5-14(10)23-15/h2-7,9,15H,8H2,1H3,(H2,18,19,20,21)/t15-/m0/s1. The first-order valence-electron chi connectivity index (χ1n) is 7.32. The van der Waals surface area contributed by atoms with Gasteiger partial charge in [0.05, 0.1) is 12.6 Å². The summed E-state index contributed by atoms with van der Waals surface area (Å²) < 4.78 is 10.9. The van der Waals surface area contributed by atoms with Gasteiger partial charge in [0.2, 0.25) is 0 Å². The average molecular weight is 309 g/mol. The van der Waals surface area contributed by atoms with Crippen molar-refractivity contribution in [1.29, 1.82) is 0 Å². The molecule has 0 radical (unpaired) electrons. The van der Waals surface area contributed by atoms with Gasteiger partial charge >= 0.3 is 0 Å². The third-order valence-corrected chi connectivity index (χ3v) is 3.95. The first kappa shape index (κ1) is 13.6. The molecule has 1 aliphatic rings. The number of H-pyrrole nitrogens is 1. The maximum atomic E-state index is 12.5. The van der Waals surface area contributed by atoms with Crippen LogP contribution in [0.2, 0.25) is 0 Å². The van der Waals surface area contributed by atoms with Gasteiger partial charge in [0.25, 0.3) is 5.91 Å². The Balaban J connectivity index is 1.56. The van der Waals surface area contributed by atoms with Gasteiger partial charge in [-0.15, -0.1) is 0 Å². The average Bonchev–Trinajstić information content (AvgIpc) is 3.18. The molecule has 116 valence electrons. The molecule has 6 nitrogen and oxygen atoms in total. The molecule has 2 N–H and O–H groups in total. The first-order chi connectivity index (χ1) is 11.2. The van der Waals surface area contributed by atoms with E-state index < -0.39 is 6.10 Å². The molecule has 23 heavy (non-hydrogen) atoms. The molecule has 2 heterocycles. The summed E-state index contributed by atoms with van der Waals surface area (Å²) in [5, 5.41) is 10.7. The number of aromatic nitrogens is 2. The van der Waals surface area contributed by atoms with Crippen molar-refractivity contribution in [3.05, 3.63) is 48.0 Å². The summed E-state index contributed by atoms with van der Waals surface area (Å²) >= 11 is 0. The maximum Gasteiger partial charge on any atom is 0.267 e. The number of fused-ring (bicyclic) bond motifs is 2. The summed E-state index contributed by atoms with van der Waals surface area (Å²) in [6.07, 6.45) is 0.0259. The summed E-state index contributed by atoms with van der Waals surface area (Å²) in [6, 6.07) is 13.2. The minimum Gasteiger partial charge on any atom is -0.497 e. The highest BCUT2D eigenvalue weighted by Crippen LogP contribution is 2.30. The minimum atomic E-state index is -0.537. The number of ether oxygens (including phenoxy) is 2. The number of aromatic amines is 1. The second-order valence-corrected chi connectivity index (χ2v) is 5.39. The fourth-order valence-corrected chi connectivity index (χ4v) is 2.74. The van der Waals surface area contributed by atoms with Gasteiger partial charge in [0.1, 0.15) is 11.5 Å². The van der Waals surface area contributed by atoms with Gasteiger partial charge in [0, 0.05) is 11.8 Å². The van der Waals surface area contributed by atoms with Crippen molar-refractivity contribution in [1.82, 2.24) is 10.2 Å². The summed E-state index contributed by atoms with van der Waals surface area (Å²) in [6.45, 7) is 0. The van der Waals surface area contributed by atoms with E-state index in [0.717, 1.165) is 22.2 Å². The van der Waals surface area contributed by atoms with E-state index in [1.807, 2.05) is 42.5 Å². The van der Waals surface area contributed by atoms with Crippen molar-refractivity contribution < 1.29 is 14.3 Å². The Bertz CT molecular complexity index is 863. The molecular formula is C17H15N3O3. The first-order valence-corrected chi connectivity index (χ1v) is 7.32. The number of hydrogen-bond acceptors (Lipinski definition) is 4. The van der Waals surface area contributed by atoms with E-state index >= 15 is 0 Å². The Kier molecular flexibility index (Phi) is 3.15. The van der Waals surface area contributed by atoms with Crippen LogP contribution in [0.25, 0.3) is 10.9 Å². The molecule has 1 amide bonds. The molecule has 1 atom stereocenters. The zero-order valence-corrected chi connectivity index (χ0v) is 12.5. The highest BCUT2D eigenvalue weighted by atomic mass is 16.5. The highest BCUT2D eigenvalue weighted by molar-refractivity contribution is 6.02. The number of anilines is 1. The van der Waals surface area contributed by atoms with E-state index in [-0.39, 0.29) is 5.91 Å². The molecule has 0 aliphatic carbocycles. The normalized spacial score (nSPS) is 16.0. The number of benzene rings is 2. The van der Waals surface area contributed by atoms with E-state index in [4.69, 9.17) is 9.47 Å². The summed E-state index contributed by atoms with van der Waals surface area (Å²) in [7, 11) is 1.60. The Morgan fingerprint density at radius 1 is 1.35 bits per heavy atom. The van der Waals surface area contributed by atoms with Crippen molar-refractivity contribution in [2.75, 3.05) is 12.4 Å². The molecule has 0 spiro atoms. The molecule has 0 unspecified atom stereocenters. The topological polar surface area (TPSA) is 76.2 Å². The van der Waals surface area contributed by atoms with Crippen LogP contribution in [0.4, 0.5) is 5.82 Å². The third kappa shape index (κ3) is 2.38. The zero-order valence-electron chi connectivity index (χ0n) is 12.5. The van der Waals surface area contributed by atoms with Crippen LogP contribution >= 0.6 is 0 Å². The largest absolute Gasteiger partial charge is 0.497 e. The van der Waals surface area contributed by atoms with Gasteiger partial charge in [-0.1, -0.05) is 18.2 Å². The van der Waals surface area contributed by atoms with Crippen LogP contribution in [-0.4, -0.2) is 29.3 Å². The van der Waals surface area contributed by atoms with Crippen LogP contribution in [0.5, 0.6) is 11.5 Å². The fourth-order valence-electron chi connectivity index (χ4n) is 2.74. The van der Waals surface area contributed by atoms with Crippen LogP contribution < -0.4 is 14.8 Å². The number of para-hydroxylation sites is 1. The van der Waals surface area contributed by atoms with Gasteiger partial charge < -0.3 is 14.8 Å². The molecule has 2 aromatic carbocycles. The van der Waals surface area contributed by atoms with Crippen LogP contribution in [-0.2, 0) is 11.2 Å². The van der Waals surface area contributed by atoms with Gasteiger partial charge in [-0.3, -0.25) is 9.89 Å². The minimum absolute atomic E-state index is 0.211. The lowest BCUT2D eigenvalue weighted by atomic mass is 10.1. The number of rotatable bonds is 3. The van der Waals surface area contributed by atoms with E-state index in [2.05, 4.69) is 15.5 Å². The molecule has 1 aliphatic heterocycles. The molecule has 1 aromatic heterocycles. The SMILES string of the molecule is COc1ccc2[nH]nc(NC(=O)[C@@H]3Cc4ccccc4O3)c2c1. The van der Waals surface area contributed by atoms with Crippen molar-refractivity contribution >= 4 is 22.6 Å². The van der Waals surface area contributed by atoms with E-state index in [1.165, 1.54) is 0 Å². The fraction of sp³-hybridized carbons (Fsp3) is 0.176. The number of amides is 1. The molecule has 0 bridgehead atoms. The molecular weight excluding hydrogens is 294 g/mol. The number of carbonyl (C=O) groups is 1. The summed E-state index contributed by atoms with van der Waals surface area (Å²) in [5.74, 6) is 1.74. The van der Waals surface area contributed by atoms with Crippen molar-refractivity contribution in [2.24, 2.45) is 0 Å². The number of carbonyl (C=O) groups excluding carboxylic acids is 1. The van der Waals surface area contributed by atoms with E-state index in [0.29, 0.717) is 18.0 Å². The lowest BCUT2D eigenvalue weighted by molar-refractivity contribution is -0.122. The molecule has 6 heteroatoms. The Hall–Kier alpha value is -3.02. The lowest BCUT2D eigenvalue weighted by Crippen LogP contribution is -2.31. The maximum absolute atomic E-state index is 12.5. The second kappa shape index (κ2) is 5.31. The van der Waals surface area contributed by atoms with Crippen LogP contribution in [0.15, 0.2) is 42.5 Å². The van der Waals surface area contributed by atoms with E-state index in [9.17, 15) is 4.79 Å². The monoisotopic (exact) mass is 309 g/mol. The predicted octanol–water partition coefficient (Wildman–Crippen LogP) is 2.51. The number of hydrogen-bond donors (Lipinski definition) is 2. The van der Waals surface area contributed by atoms with Crippen LogP contribution in [0.1, 0.15) is 5.56 Å². The van der Waals surface area contributed by atoms with Crippen molar-refractivity contribution in [3.63, 3.8) is 0 Å². The molecule has 0 fully saturated rings. The van der Waals surface area contributed by atoms with Crippen molar-refractivity contribution in [3.8, 4) is 11.5 Å². The Morgan fingerprint density at radius 3 is 3.04 bits per heavy atom. The molecule has 0 saturated heterocycles. The molecule has 4 rings (SSSR count). The summed E-state index contributed by atoms with van der Waals surface area (Å²) in [5.41, 5.74) is 1.87. The van der Waals surface area contributed by atoms with Crippen LogP contribution in [0, 0.1) is 0 Å². The molecule has 0 saturated carbocycles. The Morgan fingerprint density at radius 2 is 2.22 bits per heavy atom. The predicted molar refractivity (Wildman–Crippen MR) is 85.8 cm³/mol. The lowest BCUT2D eigenvalue weighted by Gasteiger charge is -2.10. The summed E-state index contributed by atoms with van der Waals surface area (Å²) in [4.78, 5) is 12.5. The van der Waals surface area contributed by atoms with Gasteiger partial charge in [-0.05, 0) is 29.8 Å². The van der Waals surface area contributed by atoms with Crippen LogP contribution in [0.3, 0.4) is 0 Å². The highest BCUT2D eigenvalue weighted by Gasteiger charge is 2.29. The van der Waals surface area contributed by atoms with Gasteiger partial charge in [-0.25, -0.2) is 0 Å². The van der Waals surface area contributed by atoms with E-state index in [1.54, 1.807) is 7.11 Å².